The summed E-state index contributed by atoms with van der Waals surface area (Å²) in [6, 6.07) is 0. The van der Waals surface area contributed by atoms with Gasteiger partial charge in [0.25, 0.3) is 0 Å². The second-order valence-electron chi connectivity index (χ2n) is 3.58. The summed E-state index contributed by atoms with van der Waals surface area (Å²) in [5, 5.41) is 0. The monoisotopic (exact) mass is 208 g/mol. The van der Waals surface area contributed by atoms with Crippen molar-refractivity contribution in [2.75, 3.05) is 0 Å². The van der Waals surface area contributed by atoms with E-state index in [1.165, 1.54) is 6.92 Å². The van der Waals surface area contributed by atoms with Crippen LogP contribution in [0.1, 0.15) is 27.7 Å². The van der Waals surface area contributed by atoms with Crippen molar-refractivity contribution in [3.05, 3.63) is 0 Å². The summed E-state index contributed by atoms with van der Waals surface area (Å²) >= 11 is 4.92. The van der Waals surface area contributed by atoms with Crippen LogP contribution in [0.25, 0.3) is 0 Å². The van der Waals surface area contributed by atoms with Gasteiger partial charge >= 0.3 is 11.4 Å². The molecule has 1 unspecified atom stereocenters. The summed E-state index contributed by atoms with van der Waals surface area (Å²) in [6.07, 6.45) is -0.947. The van der Waals surface area contributed by atoms with Gasteiger partial charge in [0.1, 0.15) is 0 Å². The normalized spacial score (nSPS) is 13.3. The zero-order valence-corrected chi connectivity index (χ0v) is 8.84. The highest BCUT2D eigenvalue weighted by molar-refractivity contribution is 6.61. The number of hydrogen-bond donors (Lipinski definition) is 0. The average molecular weight is 209 g/mol. The van der Waals surface area contributed by atoms with E-state index >= 15 is 0 Å². The van der Waals surface area contributed by atoms with Gasteiger partial charge < -0.3 is 9.47 Å². The molecule has 76 valence electrons. The summed E-state index contributed by atoms with van der Waals surface area (Å²) in [4.78, 5) is 21.4. The molecule has 4 nitrogen and oxygen atoms in total. The molecule has 0 N–H and O–H groups in total. The minimum absolute atomic E-state index is 0.446. The second-order valence-corrected chi connectivity index (χ2v) is 3.89. The molecular weight excluding hydrogens is 196 g/mol. The van der Waals surface area contributed by atoms with E-state index in [0.29, 0.717) is 0 Å². The molecule has 0 aliphatic rings. The molecule has 0 bridgehead atoms. The standard InChI is InChI=1S/C8H13ClO4/c1-5(13-7(9)11)12-6(10)8(2,3)4/h5H,1-4H3. The predicted molar refractivity (Wildman–Crippen MR) is 47.3 cm³/mol. The van der Waals surface area contributed by atoms with Crippen LogP contribution in [0.3, 0.4) is 0 Å². The lowest BCUT2D eigenvalue weighted by molar-refractivity contribution is -0.173. The SMILES string of the molecule is CC(OC(=O)Cl)OC(=O)C(C)(C)C. The van der Waals surface area contributed by atoms with Crippen molar-refractivity contribution in [1.82, 2.24) is 0 Å². The highest BCUT2D eigenvalue weighted by Gasteiger charge is 2.25. The molecule has 0 rings (SSSR count). The molecule has 0 saturated carbocycles. The molecule has 1 atom stereocenters. The lowest BCUT2D eigenvalue weighted by Gasteiger charge is -2.19. The number of hydrogen-bond acceptors (Lipinski definition) is 4. The average Bonchev–Trinajstić information content (AvgIpc) is 1.82. The van der Waals surface area contributed by atoms with Crippen LogP contribution in [-0.4, -0.2) is 17.7 Å². The summed E-state index contributed by atoms with van der Waals surface area (Å²) in [5.41, 5.74) is -1.61. The Labute approximate surface area is 82.1 Å². The van der Waals surface area contributed by atoms with Crippen LogP contribution in [0.15, 0.2) is 0 Å². The molecule has 0 fully saturated rings. The first kappa shape index (κ1) is 12.2. The Morgan fingerprint density at radius 1 is 1.23 bits per heavy atom. The summed E-state index contributed by atoms with van der Waals surface area (Å²) in [7, 11) is 0. The number of ether oxygens (including phenoxy) is 2. The molecule has 0 saturated heterocycles. The van der Waals surface area contributed by atoms with Crippen LogP contribution >= 0.6 is 11.6 Å². The van der Waals surface area contributed by atoms with Crippen LogP contribution in [0.2, 0.25) is 0 Å². The molecule has 0 radical (unpaired) electrons. The minimum Gasteiger partial charge on any atom is -0.425 e. The van der Waals surface area contributed by atoms with Crippen molar-refractivity contribution in [2.45, 2.75) is 34.0 Å². The van der Waals surface area contributed by atoms with E-state index in [1.807, 2.05) is 0 Å². The van der Waals surface area contributed by atoms with Gasteiger partial charge in [-0.05, 0) is 20.8 Å². The van der Waals surface area contributed by atoms with E-state index in [4.69, 9.17) is 16.3 Å². The van der Waals surface area contributed by atoms with Crippen molar-refractivity contribution in [3.63, 3.8) is 0 Å². The lowest BCUT2D eigenvalue weighted by Crippen LogP contribution is -2.28. The Morgan fingerprint density at radius 2 is 1.69 bits per heavy atom. The molecule has 13 heavy (non-hydrogen) atoms. The molecule has 0 aromatic carbocycles. The number of esters is 1. The minimum atomic E-state index is -0.991. The van der Waals surface area contributed by atoms with Gasteiger partial charge in [0.05, 0.1) is 5.41 Å². The molecular formula is C8H13ClO4. The van der Waals surface area contributed by atoms with E-state index in [-0.39, 0.29) is 0 Å². The molecule has 0 spiro atoms. The van der Waals surface area contributed by atoms with E-state index < -0.39 is 23.1 Å². The quantitative estimate of drug-likeness (QED) is 0.397. The Bertz CT molecular complexity index is 207. The molecule has 0 heterocycles. The van der Waals surface area contributed by atoms with Crippen LogP contribution in [-0.2, 0) is 14.3 Å². The van der Waals surface area contributed by atoms with E-state index in [0.717, 1.165) is 0 Å². The van der Waals surface area contributed by atoms with Gasteiger partial charge in [-0.15, -0.1) is 0 Å². The van der Waals surface area contributed by atoms with Crippen molar-refractivity contribution < 1.29 is 19.1 Å². The maximum Gasteiger partial charge on any atom is 0.406 e. The first-order valence-corrected chi connectivity index (χ1v) is 4.18. The zero-order valence-electron chi connectivity index (χ0n) is 8.09. The highest BCUT2D eigenvalue weighted by atomic mass is 35.5. The Morgan fingerprint density at radius 3 is 2.00 bits per heavy atom. The second kappa shape index (κ2) is 4.46. The summed E-state index contributed by atoms with van der Waals surface area (Å²) in [5.74, 6) is -0.446. The third-order valence-electron chi connectivity index (χ3n) is 1.14. The van der Waals surface area contributed by atoms with Crippen molar-refractivity contribution in [1.29, 1.82) is 0 Å². The summed E-state index contributed by atoms with van der Waals surface area (Å²) < 4.78 is 9.16. The molecule has 0 aliphatic heterocycles. The molecule has 0 amide bonds. The highest BCUT2D eigenvalue weighted by Crippen LogP contribution is 2.16. The van der Waals surface area contributed by atoms with Crippen LogP contribution in [0.4, 0.5) is 4.79 Å². The molecule has 0 aliphatic carbocycles. The number of halogens is 1. The fraction of sp³-hybridized carbons (Fsp3) is 0.750. The predicted octanol–water partition coefficient (Wildman–Crippen LogP) is 2.30. The maximum atomic E-state index is 11.2. The Kier molecular flexibility index (Phi) is 4.20. The molecule has 5 heteroatoms. The van der Waals surface area contributed by atoms with Gasteiger partial charge in [0.15, 0.2) is 0 Å². The van der Waals surface area contributed by atoms with Crippen molar-refractivity contribution in [3.8, 4) is 0 Å². The van der Waals surface area contributed by atoms with Crippen LogP contribution in [0.5, 0.6) is 0 Å². The summed E-state index contributed by atoms with van der Waals surface area (Å²) in [6.45, 7) is 6.52. The van der Waals surface area contributed by atoms with Crippen LogP contribution in [0, 0.1) is 5.41 Å². The smallest absolute Gasteiger partial charge is 0.406 e. The van der Waals surface area contributed by atoms with Gasteiger partial charge in [-0.1, -0.05) is 0 Å². The van der Waals surface area contributed by atoms with Crippen molar-refractivity contribution >= 4 is 23.0 Å². The van der Waals surface area contributed by atoms with Gasteiger partial charge in [-0.2, -0.15) is 0 Å². The largest absolute Gasteiger partial charge is 0.425 e. The van der Waals surface area contributed by atoms with E-state index in [1.54, 1.807) is 20.8 Å². The number of carbonyl (C=O) groups excluding carboxylic acids is 2. The van der Waals surface area contributed by atoms with Crippen LogP contribution < -0.4 is 0 Å². The molecule has 0 aromatic rings. The lowest BCUT2D eigenvalue weighted by atomic mass is 9.97. The molecule has 0 aromatic heterocycles. The number of rotatable bonds is 2. The Hall–Kier alpha value is -0.770. The van der Waals surface area contributed by atoms with Crippen molar-refractivity contribution in [2.24, 2.45) is 5.41 Å². The van der Waals surface area contributed by atoms with Gasteiger partial charge in [0.2, 0.25) is 6.29 Å². The zero-order chi connectivity index (χ0) is 10.6. The van der Waals surface area contributed by atoms with E-state index in [2.05, 4.69) is 4.74 Å². The van der Waals surface area contributed by atoms with Gasteiger partial charge in [0, 0.05) is 18.5 Å². The first-order valence-electron chi connectivity index (χ1n) is 3.80. The Balaban J connectivity index is 4.00. The first-order chi connectivity index (χ1) is 5.73. The topological polar surface area (TPSA) is 52.6 Å². The third-order valence-corrected chi connectivity index (χ3v) is 1.23. The van der Waals surface area contributed by atoms with Gasteiger partial charge in [-0.25, -0.2) is 4.79 Å². The fourth-order valence-electron chi connectivity index (χ4n) is 0.482. The maximum absolute atomic E-state index is 11.2. The van der Waals surface area contributed by atoms with Gasteiger partial charge in [-0.3, -0.25) is 4.79 Å². The fourth-order valence-corrected chi connectivity index (χ4v) is 0.608. The van der Waals surface area contributed by atoms with E-state index in [9.17, 15) is 9.59 Å². The number of carbonyl (C=O) groups is 2. The third kappa shape index (κ3) is 5.47.